The maximum absolute atomic E-state index is 4.31. The summed E-state index contributed by atoms with van der Waals surface area (Å²) in [5, 5.41) is 7.65. The highest BCUT2D eigenvalue weighted by atomic mass is 15.3. The van der Waals surface area contributed by atoms with E-state index in [0.29, 0.717) is 0 Å². The molecule has 2 aromatic heterocycles. The molecule has 0 aliphatic carbocycles. The van der Waals surface area contributed by atoms with Crippen LogP contribution in [0.15, 0.2) is 30.9 Å². The highest BCUT2D eigenvalue weighted by Gasteiger charge is 2.11. The van der Waals surface area contributed by atoms with Crippen molar-refractivity contribution < 1.29 is 0 Å². The molecule has 0 amide bonds. The molecule has 0 bridgehead atoms. The van der Waals surface area contributed by atoms with E-state index in [1.807, 2.05) is 30.3 Å². The monoisotopic (exact) mass is 244 g/mol. The molecule has 1 unspecified atom stereocenters. The third kappa shape index (κ3) is 2.96. The normalized spacial score (nSPS) is 12.6. The number of likely N-dealkylation sites (N-methyl/N-ethyl adjacent to an activating group) is 1. The van der Waals surface area contributed by atoms with E-state index in [2.05, 4.69) is 41.5 Å². The molecule has 0 aliphatic heterocycles. The van der Waals surface area contributed by atoms with Crippen LogP contribution in [0.1, 0.15) is 29.7 Å². The van der Waals surface area contributed by atoms with Gasteiger partial charge in [-0.15, -0.1) is 0 Å². The first-order valence-electron chi connectivity index (χ1n) is 6.33. The number of pyridine rings is 1. The van der Waals surface area contributed by atoms with E-state index < -0.39 is 0 Å². The van der Waals surface area contributed by atoms with Crippen LogP contribution in [-0.4, -0.2) is 21.8 Å². The molecule has 0 radical (unpaired) electrons. The third-order valence-electron chi connectivity index (χ3n) is 3.10. The van der Waals surface area contributed by atoms with Gasteiger partial charge in [-0.2, -0.15) is 5.10 Å². The molecule has 18 heavy (non-hydrogen) atoms. The average molecular weight is 244 g/mol. The Morgan fingerprint density at radius 2 is 2.17 bits per heavy atom. The lowest BCUT2D eigenvalue weighted by Crippen LogP contribution is -2.19. The van der Waals surface area contributed by atoms with Gasteiger partial charge in [-0.3, -0.25) is 9.67 Å². The van der Waals surface area contributed by atoms with Gasteiger partial charge in [0.05, 0.1) is 6.20 Å². The molecule has 96 valence electrons. The molecular weight excluding hydrogens is 224 g/mol. The van der Waals surface area contributed by atoms with Crippen molar-refractivity contribution in [3.05, 3.63) is 47.5 Å². The zero-order valence-electron chi connectivity index (χ0n) is 11.2. The summed E-state index contributed by atoms with van der Waals surface area (Å²) in [5.41, 5.74) is 3.66. The lowest BCUT2D eigenvalue weighted by molar-refractivity contribution is 0.588. The summed E-state index contributed by atoms with van der Waals surface area (Å²) in [7, 11) is 1.98. The van der Waals surface area contributed by atoms with Crippen LogP contribution >= 0.6 is 0 Å². The Bertz CT molecular complexity index is 504. The van der Waals surface area contributed by atoms with Gasteiger partial charge in [0, 0.05) is 31.2 Å². The quantitative estimate of drug-likeness (QED) is 0.876. The van der Waals surface area contributed by atoms with Gasteiger partial charge in [0.1, 0.15) is 0 Å². The summed E-state index contributed by atoms with van der Waals surface area (Å²) < 4.78 is 1.95. The molecule has 0 spiro atoms. The van der Waals surface area contributed by atoms with E-state index in [4.69, 9.17) is 0 Å². The summed E-state index contributed by atoms with van der Waals surface area (Å²) in [6.07, 6.45) is 8.79. The van der Waals surface area contributed by atoms with Crippen molar-refractivity contribution in [1.29, 1.82) is 0 Å². The smallest absolute Gasteiger partial charge is 0.0522 e. The van der Waals surface area contributed by atoms with E-state index in [-0.39, 0.29) is 6.04 Å². The van der Waals surface area contributed by atoms with Gasteiger partial charge in [0.2, 0.25) is 0 Å². The largest absolute Gasteiger partial charge is 0.313 e. The standard InChI is InChI=1S/C14H20N4/c1-4-18-10-12(8-17-18)6-14(15-3)13-5-11(2)7-16-9-13/h5,7-10,14-15H,4,6H2,1-3H3. The lowest BCUT2D eigenvalue weighted by Gasteiger charge is -2.15. The molecular formula is C14H20N4. The minimum Gasteiger partial charge on any atom is -0.313 e. The molecule has 0 saturated carbocycles. The van der Waals surface area contributed by atoms with E-state index >= 15 is 0 Å². The zero-order valence-corrected chi connectivity index (χ0v) is 11.2. The van der Waals surface area contributed by atoms with E-state index in [0.717, 1.165) is 13.0 Å². The SMILES string of the molecule is CCn1cc(CC(NC)c2cncc(C)c2)cn1. The second kappa shape index (κ2) is 5.78. The molecule has 0 fully saturated rings. The third-order valence-corrected chi connectivity index (χ3v) is 3.10. The second-order valence-electron chi connectivity index (χ2n) is 4.55. The van der Waals surface area contributed by atoms with Gasteiger partial charge in [0.15, 0.2) is 0 Å². The molecule has 0 saturated heterocycles. The Hall–Kier alpha value is -1.68. The minimum absolute atomic E-state index is 0.284. The molecule has 0 aliphatic rings. The Balaban J connectivity index is 2.14. The van der Waals surface area contributed by atoms with Crippen molar-refractivity contribution in [2.75, 3.05) is 7.05 Å². The molecule has 2 aromatic rings. The van der Waals surface area contributed by atoms with Gasteiger partial charge in [0.25, 0.3) is 0 Å². The summed E-state index contributed by atoms with van der Waals surface area (Å²) >= 11 is 0. The lowest BCUT2D eigenvalue weighted by atomic mass is 10.0. The maximum atomic E-state index is 4.31. The number of hydrogen-bond acceptors (Lipinski definition) is 3. The van der Waals surface area contributed by atoms with Crippen molar-refractivity contribution >= 4 is 0 Å². The Kier molecular flexibility index (Phi) is 4.10. The summed E-state index contributed by atoms with van der Waals surface area (Å²) in [6.45, 7) is 5.07. The van der Waals surface area contributed by atoms with E-state index in [1.165, 1.54) is 16.7 Å². The zero-order chi connectivity index (χ0) is 13.0. The van der Waals surface area contributed by atoms with Gasteiger partial charge in [-0.25, -0.2) is 0 Å². The number of aryl methyl sites for hydroxylation is 2. The van der Waals surface area contributed by atoms with Crippen LogP contribution in [0.4, 0.5) is 0 Å². The van der Waals surface area contributed by atoms with Crippen LogP contribution in [0.5, 0.6) is 0 Å². The van der Waals surface area contributed by atoms with E-state index in [1.54, 1.807) is 0 Å². The van der Waals surface area contributed by atoms with Crippen molar-refractivity contribution in [1.82, 2.24) is 20.1 Å². The second-order valence-corrected chi connectivity index (χ2v) is 4.55. The number of rotatable bonds is 5. The molecule has 4 heteroatoms. The topological polar surface area (TPSA) is 42.7 Å². The van der Waals surface area contributed by atoms with Crippen molar-refractivity contribution in [3.63, 3.8) is 0 Å². The summed E-state index contributed by atoms with van der Waals surface area (Å²) in [6, 6.07) is 2.46. The number of hydrogen-bond donors (Lipinski definition) is 1. The first-order chi connectivity index (χ1) is 8.72. The Labute approximate surface area is 108 Å². The molecule has 2 heterocycles. The van der Waals surface area contributed by atoms with Gasteiger partial charge in [-0.1, -0.05) is 6.07 Å². The number of aromatic nitrogens is 3. The van der Waals surface area contributed by atoms with Crippen molar-refractivity contribution in [3.8, 4) is 0 Å². The first kappa shape index (κ1) is 12.8. The Morgan fingerprint density at radius 1 is 1.33 bits per heavy atom. The van der Waals surface area contributed by atoms with Crippen LogP contribution in [0, 0.1) is 6.92 Å². The van der Waals surface area contributed by atoms with Crippen LogP contribution in [0.2, 0.25) is 0 Å². The maximum Gasteiger partial charge on any atom is 0.0522 e. The van der Waals surface area contributed by atoms with E-state index in [9.17, 15) is 0 Å². The minimum atomic E-state index is 0.284. The van der Waals surface area contributed by atoms with Crippen LogP contribution in [0.3, 0.4) is 0 Å². The van der Waals surface area contributed by atoms with Gasteiger partial charge in [-0.05, 0) is 44.0 Å². The molecule has 0 aromatic carbocycles. The molecule has 1 N–H and O–H groups in total. The fourth-order valence-electron chi connectivity index (χ4n) is 2.08. The highest BCUT2D eigenvalue weighted by molar-refractivity contribution is 5.22. The average Bonchev–Trinajstić information content (AvgIpc) is 2.83. The predicted molar refractivity (Wildman–Crippen MR) is 72.4 cm³/mol. The number of nitrogens with one attached hydrogen (secondary N) is 1. The fraction of sp³-hybridized carbons (Fsp3) is 0.429. The predicted octanol–water partition coefficient (Wildman–Crippen LogP) is 2.11. The molecule has 1 atom stereocenters. The first-order valence-corrected chi connectivity index (χ1v) is 6.33. The molecule has 4 nitrogen and oxygen atoms in total. The Morgan fingerprint density at radius 3 is 2.78 bits per heavy atom. The number of nitrogens with zero attached hydrogens (tertiary/aromatic N) is 3. The summed E-state index contributed by atoms with van der Waals surface area (Å²) in [4.78, 5) is 4.26. The van der Waals surface area contributed by atoms with Crippen LogP contribution < -0.4 is 5.32 Å². The summed E-state index contributed by atoms with van der Waals surface area (Å²) in [5.74, 6) is 0. The molecule has 2 rings (SSSR count). The van der Waals surface area contributed by atoms with Crippen molar-refractivity contribution in [2.45, 2.75) is 32.9 Å². The van der Waals surface area contributed by atoms with Crippen molar-refractivity contribution in [2.24, 2.45) is 0 Å². The van der Waals surface area contributed by atoms with Crippen LogP contribution in [-0.2, 0) is 13.0 Å². The highest BCUT2D eigenvalue weighted by Crippen LogP contribution is 2.17. The van der Waals surface area contributed by atoms with Crippen LogP contribution in [0.25, 0.3) is 0 Å². The fourth-order valence-corrected chi connectivity index (χ4v) is 2.08. The van der Waals surface area contributed by atoms with Gasteiger partial charge >= 0.3 is 0 Å². The van der Waals surface area contributed by atoms with Gasteiger partial charge < -0.3 is 5.32 Å².